The first kappa shape index (κ1) is 60.7. The molecule has 0 saturated heterocycles. The Kier molecular flexibility index (Phi) is 44.5. The first-order chi connectivity index (χ1) is 30.6. The Morgan fingerprint density at radius 3 is 1.33 bits per heavy atom. The van der Waals surface area contributed by atoms with E-state index in [2.05, 4.69) is 55.6 Å². The fraction of sp³-hybridized carbons (Fsp3) is 0.824. The van der Waals surface area contributed by atoms with Gasteiger partial charge in [0, 0.05) is 12.8 Å². The maximum absolute atomic E-state index is 12.4. The number of carbonyl (C=O) groups excluding carboxylic acids is 2. The number of hydrogen-bond acceptors (Lipinski definition) is 8. The van der Waals surface area contributed by atoms with Crippen LogP contribution < -0.4 is 5.32 Å². The van der Waals surface area contributed by atoms with Crippen LogP contribution >= 0.6 is 7.82 Å². The van der Waals surface area contributed by atoms with Gasteiger partial charge in [-0.25, -0.2) is 9.36 Å². The second-order valence-corrected chi connectivity index (χ2v) is 18.8. The number of aliphatic hydroxyl groups excluding tert-OH is 1. The summed E-state index contributed by atoms with van der Waals surface area (Å²) in [5.74, 6) is -2.37. The molecule has 0 radical (unpaired) electrons. The molecule has 0 aromatic heterocycles. The first-order valence-corrected chi connectivity index (χ1v) is 27.0. The highest BCUT2D eigenvalue weighted by Gasteiger charge is 2.28. The SMILES string of the molecule is CCCCC/C=C\C/C=C\CCCCCCCCCCCCCCCC(=O)NC(COP(=O)(O)OCC(O)COC(=O)CCCCCCC/C=C\CCCCCCCCC)C(=O)O. The quantitative estimate of drug-likeness (QED) is 0.0199. The monoisotopic (exact) mass is 912 g/mol. The number of esters is 1. The van der Waals surface area contributed by atoms with Crippen LogP contribution in [-0.2, 0) is 32.7 Å². The zero-order valence-corrected chi connectivity index (χ0v) is 41.0. The highest BCUT2D eigenvalue weighted by atomic mass is 31.2. The number of allylic oxidation sites excluding steroid dienone is 6. The lowest BCUT2D eigenvalue weighted by Gasteiger charge is -2.18. The van der Waals surface area contributed by atoms with Crippen LogP contribution in [0.15, 0.2) is 36.5 Å². The van der Waals surface area contributed by atoms with Crippen molar-refractivity contribution in [2.24, 2.45) is 0 Å². The van der Waals surface area contributed by atoms with Gasteiger partial charge in [-0.1, -0.05) is 192 Å². The molecule has 12 heteroatoms. The smallest absolute Gasteiger partial charge is 0.472 e. The summed E-state index contributed by atoms with van der Waals surface area (Å²) in [5, 5.41) is 21.9. The summed E-state index contributed by atoms with van der Waals surface area (Å²) >= 11 is 0. The van der Waals surface area contributed by atoms with Crippen molar-refractivity contribution in [2.75, 3.05) is 19.8 Å². The minimum Gasteiger partial charge on any atom is -0.480 e. The molecule has 0 aromatic rings. The van der Waals surface area contributed by atoms with Gasteiger partial charge >= 0.3 is 19.8 Å². The zero-order chi connectivity index (χ0) is 46.3. The van der Waals surface area contributed by atoms with Crippen molar-refractivity contribution in [3.05, 3.63) is 36.5 Å². The fourth-order valence-electron chi connectivity index (χ4n) is 7.16. The normalized spacial score (nSPS) is 13.8. The maximum atomic E-state index is 12.4. The summed E-state index contributed by atoms with van der Waals surface area (Å²) in [4.78, 5) is 46.1. The first-order valence-electron chi connectivity index (χ1n) is 25.5. The van der Waals surface area contributed by atoms with E-state index in [9.17, 15) is 34.1 Å². The molecule has 0 fully saturated rings. The Morgan fingerprint density at radius 1 is 0.508 bits per heavy atom. The predicted molar refractivity (Wildman–Crippen MR) is 259 cm³/mol. The number of phosphoric ester groups is 1. The van der Waals surface area contributed by atoms with Crippen LogP contribution in [0, 0.1) is 0 Å². The van der Waals surface area contributed by atoms with Gasteiger partial charge in [-0.3, -0.25) is 18.6 Å². The van der Waals surface area contributed by atoms with Crippen molar-refractivity contribution in [2.45, 2.75) is 251 Å². The molecule has 0 aromatic carbocycles. The number of aliphatic carboxylic acids is 1. The van der Waals surface area contributed by atoms with E-state index in [0.29, 0.717) is 12.8 Å². The van der Waals surface area contributed by atoms with Crippen LogP contribution in [0.5, 0.6) is 0 Å². The molecule has 1 amide bonds. The highest BCUT2D eigenvalue weighted by Crippen LogP contribution is 2.43. The van der Waals surface area contributed by atoms with Crippen LogP contribution in [0.2, 0.25) is 0 Å². The van der Waals surface area contributed by atoms with Crippen LogP contribution in [0.4, 0.5) is 0 Å². The number of rotatable bonds is 48. The van der Waals surface area contributed by atoms with Gasteiger partial charge in [0.2, 0.25) is 5.91 Å². The molecule has 3 atom stereocenters. The second kappa shape index (κ2) is 46.2. The maximum Gasteiger partial charge on any atom is 0.472 e. The van der Waals surface area contributed by atoms with Gasteiger partial charge in [0.05, 0.1) is 13.2 Å². The summed E-state index contributed by atoms with van der Waals surface area (Å²) in [6.45, 7) is 2.59. The molecule has 11 nitrogen and oxygen atoms in total. The van der Waals surface area contributed by atoms with Gasteiger partial charge in [-0.05, 0) is 70.6 Å². The molecular weight excluding hydrogens is 818 g/mol. The van der Waals surface area contributed by atoms with Gasteiger partial charge in [-0.15, -0.1) is 0 Å². The fourth-order valence-corrected chi connectivity index (χ4v) is 7.94. The van der Waals surface area contributed by atoms with Crippen molar-refractivity contribution < 1.29 is 47.8 Å². The molecule has 63 heavy (non-hydrogen) atoms. The number of aliphatic hydroxyl groups is 1. The molecule has 0 aliphatic carbocycles. The second-order valence-electron chi connectivity index (χ2n) is 17.4. The molecule has 4 N–H and O–H groups in total. The van der Waals surface area contributed by atoms with Gasteiger partial charge in [0.15, 0.2) is 6.04 Å². The lowest BCUT2D eigenvalue weighted by atomic mass is 10.0. The van der Waals surface area contributed by atoms with Crippen molar-refractivity contribution in [3.63, 3.8) is 0 Å². The van der Waals surface area contributed by atoms with Crippen molar-refractivity contribution in [1.82, 2.24) is 5.32 Å². The number of carbonyl (C=O) groups is 3. The third kappa shape index (κ3) is 46.0. The summed E-state index contributed by atoms with van der Waals surface area (Å²) in [7, 11) is -4.76. The van der Waals surface area contributed by atoms with Crippen molar-refractivity contribution in [3.8, 4) is 0 Å². The lowest BCUT2D eigenvalue weighted by molar-refractivity contribution is -0.147. The molecule has 0 saturated carbocycles. The van der Waals surface area contributed by atoms with Gasteiger partial charge < -0.3 is 25.2 Å². The molecule has 0 heterocycles. The zero-order valence-electron chi connectivity index (χ0n) is 40.1. The number of unbranched alkanes of at least 4 members (excludes halogenated alkanes) is 28. The minimum atomic E-state index is -4.76. The topological polar surface area (TPSA) is 169 Å². The highest BCUT2D eigenvalue weighted by molar-refractivity contribution is 7.47. The summed E-state index contributed by atoms with van der Waals surface area (Å²) < 4.78 is 26.9. The van der Waals surface area contributed by atoms with Crippen LogP contribution in [0.3, 0.4) is 0 Å². The number of hydrogen-bond donors (Lipinski definition) is 4. The Morgan fingerprint density at radius 2 is 0.873 bits per heavy atom. The molecule has 0 aliphatic rings. The lowest BCUT2D eigenvalue weighted by Crippen LogP contribution is -2.43. The number of carboxylic acid groups (broad SMARTS) is 1. The van der Waals surface area contributed by atoms with E-state index < -0.39 is 57.6 Å². The van der Waals surface area contributed by atoms with E-state index in [0.717, 1.165) is 64.2 Å². The summed E-state index contributed by atoms with van der Waals surface area (Å²) in [5.41, 5.74) is 0. The van der Waals surface area contributed by atoms with E-state index >= 15 is 0 Å². The van der Waals surface area contributed by atoms with E-state index in [1.807, 2.05) is 0 Å². The van der Waals surface area contributed by atoms with E-state index in [1.54, 1.807) is 0 Å². The van der Waals surface area contributed by atoms with Gasteiger partial charge in [0.25, 0.3) is 0 Å². The van der Waals surface area contributed by atoms with E-state index in [-0.39, 0.29) is 12.8 Å². The van der Waals surface area contributed by atoms with E-state index in [4.69, 9.17) is 13.8 Å². The van der Waals surface area contributed by atoms with Gasteiger partial charge in [-0.2, -0.15) is 0 Å². The summed E-state index contributed by atoms with van der Waals surface area (Å²) in [6.07, 6.45) is 51.6. The molecule has 0 rings (SSSR count). The Labute approximate surface area is 384 Å². The summed E-state index contributed by atoms with van der Waals surface area (Å²) in [6, 6.07) is -1.55. The molecule has 368 valence electrons. The largest absolute Gasteiger partial charge is 0.480 e. The number of ether oxygens (including phenoxy) is 1. The average molecular weight is 912 g/mol. The molecule has 0 bridgehead atoms. The van der Waals surface area contributed by atoms with Crippen LogP contribution in [0.1, 0.15) is 239 Å². The number of nitrogens with one attached hydrogen (secondary N) is 1. The average Bonchev–Trinajstić information content (AvgIpc) is 3.26. The standard InChI is InChI=1S/C51H94NO10P/c1-3-5-7-9-11-13-15-17-19-21-22-23-24-25-26-27-28-30-32-34-36-38-40-42-49(54)52-48(51(56)57)46-62-63(58,59)61-45-47(53)44-60-50(55)43-41-39-37-35-33-31-29-20-18-16-14-12-10-8-6-4-2/h11,13,17,19-20,29,47-48,53H,3-10,12,14-16,18,21-28,30-46H2,1-2H3,(H,52,54)(H,56,57)(H,58,59)/b13-11-,19-17-,29-20-. The number of amides is 1. The Bertz CT molecular complexity index is 1210. The van der Waals surface area contributed by atoms with Gasteiger partial charge in [0.1, 0.15) is 12.7 Å². The number of phosphoric acid groups is 1. The minimum absolute atomic E-state index is 0.145. The third-order valence-electron chi connectivity index (χ3n) is 11.2. The number of carboxylic acids is 1. The molecule has 0 spiro atoms. The predicted octanol–water partition coefficient (Wildman–Crippen LogP) is 14.0. The third-order valence-corrected chi connectivity index (χ3v) is 12.1. The van der Waals surface area contributed by atoms with Crippen LogP contribution in [0.25, 0.3) is 0 Å². The Hall–Kier alpha value is -2.30. The molecule has 0 aliphatic heterocycles. The molecular formula is C51H94NO10P. The van der Waals surface area contributed by atoms with Crippen molar-refractivity contribution in [1.29, 1.82) is 0 Å². The van der Waals surface area contributed by atoms with Crippen molar-refractivity contribution >= 4 is 25.7 Å². The van der Waals surface area contributed by atoms with E-state index in [1.165, 1.54) is 135 Å². The van der Waals surface area contributed by atoms with Crippen LogP contribution in [-0.4, -0.2) is 64.9 Å². The Balaban J connectivity index is 3.82. The molecule has 3 unspecified atom stereocenters.